The monoisotopic (exact) mass is 532 g/mol. The van der Waals surface area contributed by atoms with Gasteiger partial charge in [-0.15, -0.1) is 0 Å². The van der Waals surface area contributed by atoms with Gasteiger partial charge in [-0.1, -0.05) is 72.4 Å². The molecule has 9 heteroatoms. The molecule has 0 aliphatic carbocycles. The molecule has 1 unspecified atom stereocenters. The maximum atomic E-state index is 12.8. The van der Waals surface area contributed by atoms with Crippen LogP contribution in [0.2, 0.25) is 0 Å². The highest BCUT2D eigenvalue weighted by atomic mass is 32.2. The number of carbonyl (C=O) groups is 1. The first-order chi connectivity index (χ1) is 17.8. The molecule has 37 heavy (non-hydrogen) atoms. The minimum Gasteiger partial charge on any atom is -0.325 e. The number of benzene rings is 3. The number of amides is 1. The Labute approximate surface area is 221 Å². The Morgan fingerprint density at radius 3 is 2.24 bits per heavy atom. The van der Waals surface area contributed by atoms with Crippen molar-refractivity contribution in [1.29, 1.82) is 0 Å². The number of anilines is 1. The number of nitrogens with one attached hydrogen (secondary N) is 2. The number of aryl methyl sites for hydroxylation is 1. The van der Waals surface area contributed by atoms with Crippen LogP contribution in [0, 0.1) is 6.92 Å². The fourth-order valence-electron chi connectivity index (χ4n) is 3.61. The van der Waals surface area contributed by atoms with Gasteiger partial charge in [0, 0.05) is 17.8 Å². The summed E-state index contributed by atoms with van der Waals surface area (Å²) in [5, 5.41) is 3.12. The van der Waals surface area contributed by atoms with E-state index in [-0.39, 0.29) is 10.8 Å². The highest BCUT2D eigenvalue weighted by molar-refractivity contribution is 8.00. The Kier molecular flexibility index (Phi) is 8.70. The number of aromatic nitrogens is 2. The van der Waals surface area contributed by atoms with Crippen molar-refractivity contribution in [3.8, 4) is 11.3 Å². The third-order valence-corrected chi connectivity index (χ3v) is 8.03. The molecule has 1 amide bonds. The molecular formula is C28H28N4O3S2. The number of sulfonamides is 1. The second-order valence-electron chi connectivity index (χ2n) is 8.41. The molecule has 4 aromatic rings. The maximum absolute atomic E-state index is 12.8. The minimum atomic E-state index is -3.64. The number of carbonyl (C=O) groups excluding carboxylic acids is 1. The van der Waals surface area contributed by atoms with E-state index in [2.05, 4.69) is 20.0 Å². The number of hydrogen-bond donors (Lipinski definition) is 2. The summed E-state index contributed by atoms with van der Waals surface area (Å²) in [4.78, 5) is 21.9. The molecule has 0 aliphatic heterocycles. The topological polar surface area (TPSA) is 101 Å². The zero-order chi connectivity index (χ0) is 26.3. The molecule has 0 aliphatic rings. The largest absolute Gasteiger partial charge is 0.325 e. The molecule has 7 nitrogen and oxygen atoms in total. The highest BCUT2D eigenvalue weighted by Gasteiger charge is 2.18. The van der Waals surface area contributed by atoms with Crippen molar-refractivity contribution in [2.24, 2.45) is 0 Å². The van der Waals surface area contributed by atoms with Crippen LogP contribution in [0.4, 0.5) is 5.69 Å². The van der Waals surface area contributed by atoms with E-state index in [9.17, 15) is 13.2 Å². The predicted molar refractivity (Wildman–Crippen MR) is 148 cm³/mol. The normalized spacial score (nSPS) is 12.2. The molecule has 3 aromatic carbocycles. The van der Waals surface area contributed by atoms with E-state index in [0.717, 1.165) is 16.8 Å². The fourth-order valence-corrected chi connectivity index (χ4v) is 5.54. The van der Waals surface area contributed by atoms with Gasteiger partial charge < -0.3 is 5.32 Å². The zero-order valence-electron chi connectivity index (χ0n) is 20.6. The predicted octanol–water partition coefficient (Wildman–Crippen LogP) is 5.09. The molecule has 0 saturated carbocycles. The van der Waals surface area contributed by atoms with Gasteiger partial charge >= 0.3 is 0 Å². The molecule has 0 saturated heterocycles. The summed E-state index contributed by atoms with van der Waals surface area (Å²) < 4.78 is 27.8. The summed E-state index contributed by atoms with van der Waals surface area (Å²) in [6, 6.07) is 27.5. The molecule has 1 aromatic heterocycles. The molecule has 0 fully saturated rings. The number of thioether (sulfide) groups is 1. The number of rotatable bonds is 10. The van der Waals surface area contributed by atoms with Crippen molar-refractivity contribution in [3.05, 3.63) is 102 Å². The summed E-state index contributed by atoms with van der Waals surface area (Å²) in [7, 11) is -3.64. The zero-order valence-corrected chi connectivity index (χ0v) is 22.2. The van der Waals surface area contributed by atoms with Crippen molar-refractivity contribution in [3.63, 3.8) is 0 Å². The third-order valence-electron chi connectivity index (χ3n) is 5.53. The fraction of sp³-hybridized carbons (Fsp3) is 0.179. The van der Waals surface area contributed by atoms with E-state index in [4.69, 9.17) is 0 Å². The van der Waals surface area contributed by atoms with E-state index in [1.165, 1.54) is 23.9 Å². The molecule has 4 rings (SSSR count). The average Bonchev–Trinajstić information content (AvgIpc) is 2.89. The van der Waals surface area contributed by atoms with Crippen molar-refractivity contribution in [2.45, 2.75) is 35.4 Å². The molecule has 0 bridgehead atoms. The summed E-state index contributed by atoms with van der Waals surface area (Å²) in [5.74, 6) is 0.421. The van der Waals surface area contributed by atoms with Crippen LogP contribution in [-0.2, 0) is 21.2 Å². The Balaban J connectivity index is 1.34. The van der Waals surface area contributed by atoms with Gasteiger partial charge in [0.05, 0.1) is 15.8 Å². The first-order valence-electron chi connectivity index (χ1n) is 11.8. The van der Waals surface area contributed by atoms with Crippen LogP contribution in [0.3, 0.4) is 0 Å². The Morgan fingerprint density at radius 1 is 0.919 bits per heavy atom. The summed E-state index contributed by atoms with van der Waals surface area (Å²) in [6.45, 7) is 3.93. The van der Waals surface area contributed by atoms with Crippen LogP contribution in [0.5, 0.6) is 0 Å². The molecule has 0 radical (unpaired) electrons. The summed E-state index contributed by atoms with van der Waals surface area (Å²) >= 11 is 1.34. The van der Waals surface area contributed by atoms with E-state index in [1.807, 2.05) is 73.7 Å². The van der Waals surface area contributed by atoms with Gasteiger partial charge in [-0.25, -0.2) is 23.1 Å². The van der Waals surface area contributed by atoms with E-state index >= 15 is 0 Å². The maximum Gasteiger partial charge on any atom is 0.240 e. The second kappa shape index (κ2) is 12.1. The number of hydrogen-bond acceptors (Lipinski definition) is 6. The van der Waals surface area contributed by atoms with Crippen LogP contribution in [0.15, 0.2) is 101 Å². The molecular weight excluding hydrogens is 504 g/mol. The van der Waals surface area contributed by atoms with Crippen LogP contribution in [0.25, 0.3) is 11.3 Å². The molecule has 1 atom stereocenters. The highest BCUT2D eigenvalue weighted by Crippen LogP contribution is 2.27. The standard InChI is InChI=1S/C28H28N4O3S2/c1-20(36-27-19-26(30-21(2)31-27)23-11-7-4-8-12-23)28(33)32-24-13-15-25(16-14-24)37(34,35)29-18-17-22-9-5-3-6-10-22/h3-16,19-20,29H,17-18H2,1-2H3,(H,32,33). The van der Waals surface area contributed by atoms with Gasteiger partial charge in [0.15, 0.2) is 0 Å². The average molecular weight is 533 g/mol. The summed E-state index contributed by atoms with van der Waals surface area (Å²) in [6.07, 6.45) is 0.600. The van der Waals surface area contributed by atoms with Gasteiger partial charge in [0.1, 0.15) is 10.9 Å². The van der Waals surface area contributed by atoms with Crippen molar-refractivity contribution in [2.75, 3.05) is 11.9 Å². The lowest BCUT2D eigenvalue weighted by Crippen LogP contribution is -2.26. The quantitative estimate of drug-likeness (QED) is 0.218. The van der Waals surface area contributed by atoms with Crippen molar-refractivity contribution < 1.29 is 13.2 Å². The smallest absolute Gasteiger partial charge is 0.240 e. The Morgan fingerprint density at radius 2 is 1.57 bits per heavy atom. The Hall–Kier alpha value is -3.53. The van der Waals surface area contributed by atoms with Crippen LogP contribution < -0.4 is 10.0 Å². The van der Waals surface area contributed by atoms with Crippen LogP contribution in [-0.4, -0.2) is 36.1 Å². The van der Waals surface area contributed by atoms with Crippen molar-refractivity contribution in [1.82, 2.24) is 14.7 Å². The van der Waals surface area contributed by atoms with Gasteiger partial charge in [-0.3, -0.25) is 4.79 Å². The molecule has 1 heterocycles. The van der Waals surface area contributed by atoms with E-state index in [1.54, 1.807) is 19.1 Å². The van der Waals surface area contributed by atoms with Crippen LogP contribution in [0.1, 0.15) is 18.3 Å². The van der Waals surface area contributed by atoms with Crippen molar-refractivity contribution >= 4 is 33.4 Å². The van der Waals surface area contributed by atoms with Gasteiger partial charge in [0.25, 0.3) is 0 Å². The lowest BCUT2D eigenvalue weighted by Gasteiger charge is -2.13. The third kappa shape index (κ3) is 7.48. The lowest BCUT2D eigenvalue weighted by molar-refractivity contribution is -0.115. The second-order valence-corrected chi connectivity index (χ2v) is 11.5. The SMILES string of the molecule is Cc1nc(SC(C)C(=O)Nc2ccc(S(=O)(=O)NCCc3ccccc3)cc2)cc(-c2ccccc2)n1. The van der Waals surface area contributed by atoms with Gasteiger partial charge in [0.2, 0.25) is 15.9 Å². The molecule has 0 spiro atoms. The number of nitrogens with zero attached hydrogens (tertiary/aromatic N) is 2. The first kappa shape index (κ1) is 26.5. The molecule has 190 valence electrons. The summed E-state index contributed by atoms with van der Waals surface area (Å²) in [5.41, 5.74) is 3.36. The minimum absolute atomic E-state index is 0.144. The first-order valence-corrected chi connectivity index (χ1v) is 14.2. The molecule has 2 N–H and O–H groups in total. The van der Waals surface area contributed by atoms with Crippen LogP contribution >= 0.6 is 11.8 Å². The van der Waals surface area contributed by atoms with Gasteiger partial charge in [-0.2, -0.15) is 0 Å². The van der Waals surface area contributed by atoms with Gasteiger partial charge in [-0.05, 0) is 56.2 Å². The van der Waals surface area contributed by atoms with E-state index < -0.39 is 15.3 Å². The lowest BCUT2D eigenvalue weighted by atomic mass is 10.1. The van der Waals surface area contributed by atoms with E-state index in [0.29, 0.717) is 29.5 Å². The Bertz CT molecular complexity index is 1450.